The molecule has 3 heteroatoms. The molecule has 0 spiro atoms. The zero-order chi connectivity index (χ0) is 14.2. The second-order valence-electron chi connectivity index (χ2n) is 7.86. The molecule has 0 amide bonds. The largest absolute Gasteiger partial charge is 0.394 e. The van der Waals surface area contributed by atoms with Crippen molar-refractivity contribution in [1.29, 1.82) is 0 Å². The van der Waals surface area contributed by atoms with Gasteiger partial charge < -0.3 is 15.3 Å². The van der Waals surface area contributed by atoms with Crippen LogP contribution in [0, 0.1) is 17.8 Å². The van der Waals surface area contributed by atoms with E-state index in [0.717, 1.165) is 24.3 Å². The van der Waals surface area contributed by atoms with Crippen LogP contribution in [-0.4, -0.2) is 47.8 Å². The van der Waals surface area contributed by atoms with E-state index in [4.69, 9.17) is 0 Å². The summed E-state index contributed by atoms with van der Waals surface area (Å²) in [6, 6.07) is 0.691. The lowest BCUT2D eigenvalue weighted by Gasteiger charge is -2.42. The second-order valence-corrected chi connectivity index (χ2v) is 7.86. The van der Waals surface area contributed by atoms with Crippen molar-refractivity contribution in [3.63, 3.8) is 0 Å². The van der Waals surface area contributed by atoms with Gasteiger partial charge in [0.15, 0.2) is 0 Å². The van der Waals surface area contributed by atoms with Gasteiger partial charge in [-0.15, -0.1) is 0 Å². The van der Waals surface area contributed by atoms with Crippen LogP contribution in [0.4, 0.5) is 0 Å². The highest BCUT2D eigenvalue weighted by atomic mass is 16.3. The molecule has 1 unspecified atom stereocenters. The molecule has 3 aliphatic rings. The van der Waals surface area contributed by atoms with E-state index in [1.54, 1.807) is 0 Å². The van der Waals surface area contributed by atoms with E-state index in [9.17, 15) is 5.11 Å². The Morgan fingerprint density at radius 1 is 1.10 bits per heavy atom. The lowest BCUT2D eigenvalue weighted by atomic mass is 9.85. The van der Waals surface area contributed by atoms with Crippen LogP contribution < -0.4 is 5.32 Å². The van der Waals surface area contributed by atoms with Crippen LogP contribution in [0.3, 0.4) is 0 Å². The van der Waals surface area contributed by atoms with Crippen molar-refractivity contribution >= 4 is 0 Å². The Hall–Kier alpha value is -0.120. The molecule has 0 radical (unpaired) electrons. The lowest BCUT2D eigenvalue weighted by Crippen LogP contribution is -2.59. The van der Waals surface area contributed by atoms with Crippen LogP contribution in [-0.2, 0) is 0 Å². The number of aliphatic hydroxyl groups excluding tert-OH is 1. The monoisotopic (exact) mass is 280 g/mol. The first kappa shape index (κ1) is 14.8. The minimum atomic E-state index is 0.00579. The van der Waals surface area contributed by atoms with Crippen LogP contribution in [0.2, 0.25) is 0 Å². The molecule has 116 valence electrons. The Kier molecular flexibility index (Phi) is 4.40. The van der Waals surface area contributed by atoms with Gasteiger partial charge in [0, 0.05) is 12.6 Å². The summed E-state index contributed by atoms with van der Waals surface area (Å²) in [6.07, 6.45) is 7.92. The normalized spacial score (nSPS) is 28.8. The molecule has 3 nitrogen and oxygen atoms in total. The quantitative estimate of drug-likeness (QED) is 0.751. The van der Waals surface area contributed by atoms with Crippen molar-refractivity contribution in [1.82, 2.24) is 10.2 Å². The van der Waals surface area contributed by atoms with Gasteiger partial charge in [0.2, 0.25) is 0 Å². The van der Waals surface area contributed by atoms with E-state index in [-0.39, 0.29) is 5.54 Å². The number of hydrogen-bond acceptors (Lipinski definition) is 3. The predicted octanol–water partition coefficient (Wildman–Crippen LogP) is 2.25. The molecule has 0 bridgehead atoms. The molecule has 3 fully saturated rings. The van der Waals surface area contributed by atoms with E-state index in [1.807, 2.05) is 0 Å². The van der Waals surface area contributed by atoms with E-state index in [1.165, 1.54) is 51.6 Å². The second kappa shape index (κ2) is 5.94. The molecule has 1 atom stereocenters. The maximum Gasteiger partial charge on any atom is 0.0628 e. The standard InChI is InChI=1S/C17H32N2O/c1-13(2)14-7-9-19(10-8-14)11-17(12-20,15-3-4-15)18-16-5-6-16/h13-16,18,20H,3-12H2,1-2H3. The Labute approximate surface area is 124 Å². The summed E-state index contributed by atoms with van der Waals surface area (Å²) in [5, 5.41) is 13.9. The minimum Gasteiger partial charge on any atom is -0.394 e. The van der Waals surface area contributed by atoms with Gasteiger partial charge in [-0.1, -0.05) is 13.8 Å². The van der Waals surface area contributed by atoms with Crippen LogP contribution >= 0.6 is 0 Å². The molecule has 20 heavy (non-hydrogen) atoms. The number of aliphatic hydroxyl groups is 1. The Bertz CT molecular complexity index is 317. The molecule has 1 aliphatic heterocycles. The topological polar surface area (TPSA) is 35.5 Å². The van der Waals surface area contributed by atoms with Crippen molar-refractivity contribution in [3.8, 4) is 0 Å². The summed E-state index contributed by atoms with van der Waals surface area (Å²) in [5.41, 5.74) is 0.00579. The molecule has 0 aromatic carbocycles. The zero-order valence-corrected chi connectivity index (χ0v) is 13.3. The summed E-state index contributed by atoms with van der Waals surface area (Å²) in [7, 11) is 0. The van der Waals surface area contributed by atoms with Gasteiger partial charge in [0.05, 0.1) is 12.1 Å². The average Bonchev–Trinajstić information content (AvgIpc) is 3.31. The number of nitrogens with zero attached hydrogens (tertiary/aromatic N) is 1. The van der Waals surface area contributed by atoms with E-state index in [2.05, 4.69) is 24.1 Å². The van der Waals surface area contributed by atoms with E-state index in [0.29, 0.717) is 12.6 Å². The fourth-order valence-electron chi connectivity index (χ4n) is 3.96. The molecule has 1 saturated heterocycles. The predicted molar refractivity (Wildman–Crippen MR) is 82.7 cm³/mol. The maximum atomic E-state index is 10.0. The molecule has 0 aromatic rings. The molecule has 2 aliphatic carbocycles. The molecule has 2 saturated carbocycles. The van der Waals surface area contributed by atoms with Gasteiger partial charge in [0.1, 0.15) is 0 Å². The minimum absolute atomic E-state index is 0.00579. The highest BCUT2D eigenvalue weighted by molar-refractivity contribution is 5.06. The SMILES string of the molecule is CC(C)C1CCN(CC(CO)(NC2CC2)C2CC2)CC1. The average molecular weight is 280 g/mol. The Balaban J connectivity index is 1.56. The third kappa shape index (κ3) is 3.37. The highest BCUT2D eigenvalue weighted by Gasteiger charge is 2.48. The van der Waals surface area contributed by atoms with Crippen molar-refractivity contribution in [3.05, 3.63) is 0 Å². The van der Waals surface area contributed by atoms with Crippen molar-refractivity contribution < 1.29 is 5.11 Å². The first-order chi connectivity index (χ1) is 9.63. The number of piperidine rings is 1. The van der Waals surface area contributed by atoms with Gasteiger partial charge in [-0.3, -0.25) is 0 Å². The van der Waals surface area contributed by atoms with E-state index < -0.39 is 0 Å². The van der Waals surface area contributed by atoms with Crippen LogP contribution in [0.25, 0.3) is 0 Å². The first-order valence-electron chi connectivity index (χ1n) is 8.74. The zero-order valence-electron chi connectivity index (χ0n) is 13.3. The summed E-state index contributed by atoms with van der Waals surface area (Å²) in [6.45, 7) is 8.55. The van der Waals surface area contributed by atoms with Crippen molar-refractivity contribution in [2.75, 3.05) is 26.2 Å². The van der Waals surface area contributed by atoms with Crippen LogP contribution in [0.15, 0.2) is 0 Å². The first-order valence-corrected chi connectivity index (χ1v) is 8.74. The smallest absolute Gasteiger partial charge is 0.0628 e. The van der Waals surface area contributed by atoms with E-state index >= 15 is 0 Å². The molecule has 2 N–H and O–H groups in total. The summed E-state index contributed by atoms with van der Waals surface area (Å²) < 4.78 is 0. The van der Waals surface area contributed by atoms with Crippen LogP contribution in [0.5, 0.6) is 0 Å². The fourth-order valence-corrected chi connectivity index (χ4v) is 3.96. The summed E-state index contributed by atoms with van der Waals surface area (Å²) in [4.78, 5) is 2.61. The third-order valence-electron chi connectivity index (χ3n) is 5.79. The van der Waals surface area contributed by atoms with Crippen LogP contribution in [0.1, 0.15) is 52.4 Å². The number of nitrogens with one attached hydrogen (secondary N) is 1. The third-order valence-corrected chi connectivity index (χ3v) is 5.79. The van der Waals surface area contributed by atoms with Gasteiger partial charge in [-0.25, -0.2) is 0 Å². The number of likely N-dealkylation sites (tertiary alicyclic amines) is 1. The molecule has 0 aromatic heterocycles. The molecule has 1 heterocycles. The Morgan fingerprint density at radius 2 is 1.75 bits per heavy atom. The summed E-state index contributed by atoms with van der Waals surface area (Å²) >= 11 is 0. The summed E-state index contributed by atoms with van der Waals surface area (Å²) in [5.74, 6) is 2.45. The maximum absolute atomic E-state index is 10.0. The molecule has 3 rings (SSSR count). The van der Waals surface area contributed by atoms with Gasteiger partial charge in [0.25, 0.3) is 0 Å². The highest BCUT2D eigenvalue weighted by Crippen LogP contribution is 2.42. The fraction of sp³-hybridized carbons (Fsp3) is 1.00. The molecular weight excluding hydrogens is 248 g/mol. The lowest BCUT2D eigenvalue weighted by molar-refractivity contribution is 0.0657. The number of hydrogen-bond donors (Lipinski definition) is 2. The van der Waals surface area contributed by atoms with Gasteiger partial charge in [-0.05, 0) is 69.4 Å². The van der Waals surface area contributed by atoms with Crippen molar-refractivity contribution in [2.24, 2.45) is 17.8 Å². The van der Waals surface area contributed by atoms with Gasteiger partial charge >= 0.3 is 0 Å². The molecular formula is C17H32N2O. The van der Waals surface area contributed by atoms with Gasteiger partial charge in [-0.2, -0.15) is 0 Å². The number of rotatable bonds is 7. The Morgan fingerprint density at radius 3 is 2.20 bits per heavy atom. The van der Waals surface area contributed by atoms with Crippen molar-refractivity contribution in [2.45, 2.75) is 64.0 Å².